The van der Waals surface area contributed by atoms with E-state index in [0.717, 1.165) is 61.9 Å². The Kier molecular flexibility index (Phi) is 7.81. The van der Waals surface area contributed by atoms with Crippen molar-refractivity contribution in [2.75, 3.05) is 4.90 Å². The summed E-state index contributed by atoms with van der Waals surface area (Å²) in [5.74, 6) is 0.614. The number of rotatable bonds is 7. The highest BCUT2D eigenvalue weighted by Crippen LogP contribution is 2.40. The van der Waals surface area contributed by atoms with Crippen molar-refractivity contribution in [2.45, 2.75) is 0 Å². The van der Waals surface area contributed by atoms with Crippen molar-refractivity contribution in [2.24, 2.45) is 0 Å². The highest BCUT2D eigenvalue weighted by molar-refractivity contribution is 6.10. The van der Waals surface area contributed by atoms with Gasteiger partial charge in [0, 0.05) is 50.2 Å². The quantitative estimate of drug-likeness (QED) is 0.170. The fourth-order valence-electron chi connectivity index (χ4n) is 6.94. The van der Waals surface area contributed by atoms with Gasteiger partial charge < -0.3 is 9.47 Å². The molecule has 2 aromatic heterocycles. The van der Waals surface area contributed by atoms with Crippen LogP contribution in [0.5, 0.6) is 0 Å². The van der Waals surface area contributed by atoms with Crippen LogP contribution in [0.4, 0.5) is 17.1 Å². The molecule has 0 spiro atoms. The second-order valence-electron chi connectivity index (χ2n) is 12.6. The first-order valence-corrected chi connectivity index (χ1v) is 17.2. The molecule has 0 unspecified atom stereocenters. The molecule has 0 aliphatic carbocycles. The number of hydrogen-bond acceptors (Lipinski definition) is 4. The fourth-order valence-corrected chi connectivity index (χ4v) is 6.94. The zero-order valence-electron chi connectivity index (χ0n) is 28.1. The van der Waals surface area contributed by atoms with Crippen LogP contribution >= 0.6 is 0 Å². The Morgan fingerprint density at radius 2 is 0.981 bits per heavy atom. The highest BCUT2D eigenvalue weighted by atomic mass is 15.1. The number of nitrogens with zero attached hydrogens (tertiary/aromatic N) is 5. The zero-order valence-corrected chi connectivity index (χ0v) is 28.1. The highest BCUT2D eigenvalue weighted by Gasteiger charge is 2.18. The van der Waals surface area contributed by atoms with Crippen LogP contribution < -0.4 is 4.90 Å². The molecular weight excluding hydrogens is 635 g/mol. The molecule has 0 saturated heterocycles. The molecule has 0 amide bonds. The van der Waals surface area contributed by atoms with Crippen molar-refractivity contribution < 1.29 is 0 Å². The second-order valence-corrected chi connectivity index (χ2v) is 12.6. The maximum atomic E-state index is 9.33. The lowest BCUT2D eigenvalue weighted by Gasteiger charge is -2.25. The van der Waals surface area contributed by atoms with Crippen LogP contribution in [0.3, 0.4) is 0 Å². The summed E-state index contributed by atoms with van der Waals surface area (Å²) in [6, 6.07) is 66.8. The Morgan fingerprint density at radius 3 is 1.62 bits per heavy atom. The van der Waals surface area contributed by atoms with E-state index in [4.69, 9.17) is 9.97 Å². The van der Waals surface area contributed by atoms with Crippen LogP contribution in [0.25, 0.3) is 61.4 Å². The summed E-state index contributed by atoms with van der Waals surface area (Å²) in [4.78, 5) is 12.3. The number of nitriles is 1. The van der Waals surface area contributed by atoms with Gasteiger partial charge in [-0.05, 0) is 91.0 Å². The molecule has 244 valence electrons. The lowest BCUT2D eigenvalue weighted by molar-refractivity contribution is 1.17. The van der Waals surface area contributed by atoms with Crippen LogP contribution in [0.15, 0.2) is 188 Å². The number of benzene rings is 7. The van der Waals surface area contributed by atoms with Gasteiger partial charge in [0.1, 0.15) is 0 Å². The van der Waals surface area contributed by atoms with Crippen LogP contribution in [0.1, 0.15) is 5.56 Å². The molecule has 9 rings (SSSR count). The lowest BCUT2D eigenvalue weighted by atomic mass is 10.1. The Bertz CT molecular complexity index is 2670. The fraction of sp³-hybridized carbons (Fsp3) is 0. The number of para-hydroxylation sites is 3. The van der Waals surface area contributed by atoms with E-state index in [-0.39, 0.29) is 0 Å². The largest absolute Gasteiger partial charge is 0.310 e. The second kappa shape index (κ2) is 13.2. The third-order valence-electron chi connectivity index (χ3n) is 9.43. The van der Waals surface area contributed by atoms with Crippen molar-refractivity contribution in [1.82, 2.24) is 14.5 Å². The number of fused-ring (bicyclic) bond motifs is 3. The van der Waals surface area contributed by atoms with Gasteiger partial charge in [0.25, 0.3) is 0 Å². The molecule has 5 heteroatoms. The standard InChI is InChI=1S/C47H31N5/c48-32-33-20-22-36(23-21-33)47-49-43(34-12-4-1-5-13-34)31-44(50-47)35-24-26-39(27-25-35)52-45-19-11-10-18-41(45)42-30-40(28-29-46(42)52)51(37-14-6-2-7-15-37)38-16-8-3-9-17-38/h1-31H. The molecule has 0 N–H and O–H groups in total. The van der Waals surface area contributed by atoms with Gasteiger partial charge in [-0.3, -0.25) is 0 Å². The molecule has 0 fully saturated rings. The average Bonchev–Trinajstić information content (AvgIpc) is 3.56. The molecule has 0 bridgehead atoms. The maximum Gasteiger partial charge on any atom is 0.160 e. The van der Waals surface area contributed by atoms with Gasteiger partial charge in [-0.15, -0.1) is 0 Å². The van der Waals surface area contributed by atoms with Crippen LogP contribution in [-0.2, 0) is 0 Å². The average molecular weight is 666 g/mol. The van der Waals surface area contributed by atoms with Gasteiger partial charge in [-0.2, -0.15) is 5.26 Å². The van der Waals surface area contributed by atoms with Crippen molar-refractivity contribution in [3.8, 4) is 45.7 Å². The first-order valence-electron chi connectivity index (χ1n) is 17.2. The van der Waals surface area contributed by atoms with Crippen LogP contribution in [0, 0.1) is 11.3 Å². The van der Waals surface area contributed by atoms with E-state index in [2.05, 4.69) is 155 Å². The number of aromatic nitrogens is 3. The van der Waals surface area contributed by atoms with E-state index in [0.29, 0.717) is 11.4 Å². The summed E-state index contributed by atoms with van der Waals surface area (Å²) in [5.41, 5.74) is 11.8. The summed E-state index contributed by atoms with van der Waals surface area (Å²) in [5, 5.41) is 11.7. The topological polar surface area (TPSA) is 57.7 Å². The SMILES string of the molecule is N#Cc1ccc(-c2nc(-c3ccccc3)cc(-c3ccc(-n4c5ccccc5c5cc(N(c6ccccc6)c6ccccc6)ccc54)cc3)n2)cc1. The van der Waals surface area contributed by atoms with Gasteiger partial charge in [0.05, 0.1) is 34.1 Å². The van der Waals surface area contributed by atoms with Crippen molar-refractivity contribution >= 4 is 38.9 Å². The van der Waals surface area contributed by atoms with Gasteiger partial charge in [0.2, 0.25) is 0 Å². The van der Waals surface area contributed by atoms with E-state index in [1.54, 1.807) is 12.1 Å². The molecule has 2 heterocycles. The Balaban J connectivity index is 1.15. The summed E-state index contributed by atoms with van der Waals surface area (Å²) in [6.45, 7) is 0. The minimum Gasteiger partial charge on any atom is -0.310 e. The number of hydrogen-bond donors (Lipinski definition) is 0. The monoisotopic (exact) mass is 665 g/mol. The molecule has 0 saturated carbocycles. The van der Waals surface area contributed by atoms with E-state index < -0.39 is 0 Å². The van der Waals surface area contributed by atoms with E-state index in [9.17, 15) is 5.26 Å². The predicted octanol–water partition coefficient (Wildman–Crippen LogP) is 11.9. The van der Waals surface area contributed by atoms with E-state index >= 15 is 0 Å². The molecular formula is C47H31N5. The zero-order chi connectivity index (χ0) is 34.9. The summed E-state index contributed by atoms with van der Waals surface area (Å²) in [6.07, 6.45) is 0. The predicted molar refractivity (Wildman–Crippen MR) is 212 cm³/mol. The van der Waals surface area contributed by atoms with Crippen molar-refractivity contribution in [3.63, 3.8) is 0 Å². The van der Waals surface area contributed by atoms with Gasteiger partial charge in [-0.1, -0.05) is 97.1 Å². The van der Waals surface area contributed by atoms with E-state index in [1.165, 1.54) is 10.8 Å². The summed E-state index contributed by atoms with van der Waals surface area (Å²) >= 11 is 0. The van der Waals surface area contributed by atoms with Crippen molar-refractivity contribution in [1.29, 1.82) is 5.26 Å². The third-order valence-corrected chi connectivity index (χ3v) is 9.43. The van der Waals surface area contributed by atoms with Gasteiger partial charge in [-0.25, -0.2) is 9.97 Å². The molecule has 5 nitrogen and oxygen atoms in total. The molecule has 0 radical (unpaired) electrons. The molecule has 9 aromatic rings. The molecule has 0 aliphatic rings. The normalized spacial score (nSPS) is 11.1. The molecule has 52 heavy (non-hydrogen) atoms. The van der Waals surface area contributed by atoms with Gasteiger partial charge >= 0.3 is 0 Å². The number of anilines is 3. The minimum atomic E-state index is 0.602. The maximum absolute atomic E-state index is 9.33. The smallest absolute Gasteiger partial charge is 0.160 e. The molecule has 7 aromatic carbocycles. The first-order chi connectivity index (χ1) is 25.7. The Morgan fingerprint density at radius 1 is 0.442 bits per heavy atom. The summed E-state index contributed by atoms with van der Waals surface area (Å²) < 4.78 is 2.34. The molecule has 0 aliphatic heterocycles. The lowest BCUT2D eigenvalue weighted by Crippen LogP contribution is -2.09. The minimum absolute atomic E-state index is 0.602. The Labute approximate surface area is 302 Å². The summed E-state index contributed by atoms with van der Waals surface area (Å²) in [7, 11) is 0. The van der Waals surface area contributed by atoms with E-state index in [1.807, 2.05) is 36.4 Å². The third kappa shape index (κ3) is 5.65. The first kappa shape index (κ1) is 30.7. The van der Waals surface area contributed by atoms with Crippen molar-refractivity contribution in [3.05, 3.63) is 194 Å². The Hall–Kier alpha value is -7.29. The molecule has 0 atom stereocenters. The van der Waals surface area contributed by atoms with Crippen LogP contribution in [-0.4, -0.2) is 14.5 Å². The van der Waals surface area contributed by atoms with Gasteiger partial charge in [0.15, 0.2) is 5.82 Å². The van der Waals surface area contributed by atoms with Crippen LogP contribution in [0.2, 0.25) is 0 Å².